The molecule has 6 nitrogen and oxygen atoms in total. The summed E-state index contributed by atoms with van der Waals surface area (Å²) in [5.41, 5.74) is 2.65. The van der Waals surface area contributed by atoms with Gasteiger partial charge in [0.15, 0.2) is 5.96 Å². The zero-order valence-electron chi connectivity index (χ0n) is 19.5. The van der Waals surface area contributed by atoms with Crippen molar-refractivity contribution < 1.29 is 4.79 Å². The van der Waals surface area contributed by atoms with Crippen LogP contribution in [0.4, 0.5) is 0 Å². The highest BCUT2D eigenvalue weighted by Crippen LogP contribution is 2.21. The number of piperazine rings is 1. The van der Waals surface area contributed by atoms with E-state index in [0.717, 1.165) is 64.7 Å². The van der Waals surface area contributed by atoms with Gasteiger partial charge in [0.2, 0.25) is 5.91 Å². The van der Waals surface area contributed by atoms with E-state index in [9.17, 15) is 4.79 Å². The van der Waals surface area contributed by atoms with E-state index in [4.69, 9.17) is 4.99 Å². The molecule has 0 aliphatic carbocycles. The van der Waals surface area contributed by atoms with Crippen molar-refractivity contribution in [1.82, 2.24) is 20.4 Å². The summed E-state index contributed by atoms with van der Waals surface area (Å²) in [5, 5.41) is 6.87. The Morgan fingerprint density at radius 3 is 2.25 bits per heavy atom. The van der Waals surface area contributed by atoms with E-state index in [1.165, 1.54) is 11.1 Å². The molecule has 1 heterocycles. The molecule has 0 radical (unpaired) electrons. The standard InChI is InChI=1S/C26H37N5O/c1-3-27-26(28-14-15-30-16-18-31(19-17-30)22(2)32)29-21-25(24-12-8-5-9-13-24)20-23-10-6-4-7-11-23/h4-13,25H,3,14-21H2,1-2H3,(H2,27,28,29). The maximum atomic E-state index is 11.5. The summed E-state index contributed by atoms with van der Waals surface area (Å²) in [6.45, 7) is 10.6. The molecule has 2 aromatic carbocycles. The molecule has 2 N–H and O–H groups in total. The minimum Gasteiger partial charge on any atom is -0.357 e. The van der Waals surface area contributed by atoms with Crippen LogP contribution in [-0.2, 0) is 11.2 Å². The molecular formula is C26H37N5O. The fraction of sp³-hybridized carbons (Fsp3) is 0.462. The number of rotatable bonds is 9. The van der Waals surface area contributed by atoms with Gasteiger partial charge in [-0.15, -0.1) is 0 Å². The number of benzene rings is 2. The summed E-state index contributed by atoms with van der Waals surface area (Å²) in [6, 6.07) is 21.3. The molecule has 2 aromatic rings. The lowest BCUT2D eigenvalue weighted by Crippen LogP contribution is -2.50. The van der Waals surface area contributed by atoms with Crippen LogP contribution in [0.1, 0.15) is 30.9 Å². The monoisotopic (exact) mass is 435 g/mol. The molecule has 0 spiro atoms. The summed E-state index contributed by atoms with van der Waals surface area (Å²) in [6.07, 6.45) is 0.966. The van der Waals surface area contributed by atoms with Crippen LogP contribution >= 0.6 is 0 Å². The first-order valence-corrected chi connectivity index (χ1v) is 11.7. The Hall–Kier alpha value is -2.86. The van der Waals surface area contributed by atoms with Crippen molar-refractivity contribution >= 4 is 11.9 Å². The molecule has 1 aliphatic rings. The van der Waals surface area contributed by atoms with Crippen LogP contribution < -0.4 is 10.6 Å². The van der Waals surface area contributed by atoms with Crippen molar-refractivity contribution in [3.05, 3.63) is 71.8 Å². The van der Waals surface area contributed by atoms with Crippen LogP contribution in [0.3, 0.4) is 0 Å². The summed E-state index contributed by atoms with van der Waals surface area (Å²) in [7, 11) is 0. The van der Waals surface area contributed by atoms with E-state index in [1.807, 2.05) is 4.90 Å². The van der Waals surface area contributed by atoms with Gasteiger partial charge in [-0.25, -0.2) is 0 Å². The molecule has 1 amide bonds. The first kappa shape index (κ1) is 23.8. The molecule has 1 atom stereocenters. The number of hydrogen-bond acceptors (Lipinski definition) is 3. The van der Waals surface area contributed by atoms with E-state index in [0.29, 0.717) is 5.92 Å². The molecule has 32 heavy (non-hydrogen) atoms. The lowest BCUT2D eigenvalue weighted by Gasteiger charge is -2.34. The number of nitrogens with one attached hydrogen (secondary N) is 2. The number of nitrogens with zero attached hydrogens (tertiary/aromatic N) is 3. The van der Waals surface area contributed by atoms with E-state index in [2.05, 4.69) is 83.1 Å². The van der Waals surface area contributed by atoms with Crippen molar-refractivity contribution in [3.8, 4) is 0 Å². The normalized spacial score (nSPS) is 15.9. The van der Waals surface area contributed by atoms with Crippen LogP contribution in [-0.4, -0.2) is 74.0 Å². The van der Waals surface area contributed by atoms with E-state index >= 15 is 0 Å². The van der Waals surface area contributed by atoms with Gasteiger partial charge in [-0.1, -0.05) is 60.7 Å². The van der Waals surface area contributed by atoms with Crippen molar-refractivity contribution in [2.24, 2.45) is 4.99 Å². The summed E-state index contributed by atoms with van der Waals surface area (Å²) < 4.78 is 0. The summed E-state index contributed by atoms with van der Waals surface area (Å²) >= 11 is 0. The molecule has 0 saturated carbocycles. The highest BCUT2D eigenvalue weighted by Gasteiger charge is 2.18. The van der Waals surface area contributed by atoms with Crippen molar-refractivity contribution in [2.75, 3.05) is 52.4 Å². The van der Waals surface area contributed by atoms with Gasteiger partial charge in [0.05, 0.1) is 0 Å². The highest BCUT2D eigenvalue weighted by atomic mass is 16.2. The average molecular weight is 436 g/mol. The smallest absolute Gasteiger partial charge is 0.219 e. The van der Waals surface area contributed by atoms with Crippen LogP contribution in [0.5, 0.6) is 0 Å². The molecule has 1 fully saturated rings. The third kappa shape index (κ3) is 7.68. The molecule has 3 rings (SSSR count). The molecule has 1 saturated heterocycles. The topological polar surface area (TPSA) is 60.0 Å². The van der Waals surface area contributed by atoms with Gasteiger partial charge < -0.3 is 15.5 Å². The summed E-state index contributed by atoms with van der Waals surface area (Å²) in [5.74, 6) is 1.37. The van der Waals surface area contributed by atoms with Gasteiger partial charge in [-0.2, -0.15) is 0 Å². The van der Waals surface area contributed by atoms with Crippen LogP contribution in [0.2, 0.25) is 0 Å². The number of hydrogen-bond donors (Lipinski definition) is 2. The lowest BCUT2D eigenvalue weighted by atomic mass is 9.92. The van der Waals surface area contributed by atoms with E-state index in [1.54, 1.807) is 6.92 Å². The number of carbonyl (C=O) groups is 1. The molecule has 0 bridgehead atoms. The SMILES string of the molecule is CCNC(=NCC(Cc1ccccc1)c1ccccc1)NCCN1CCN(C(C)=O)CC1. The average Bonchev–Trinajstić information content (AvgIpc) is 2.83. The second-order valence-electron chi connectivity index (χ2n) is 8.29. The first-order valence-electron chi connectivity index (χ1n) is 11.7. The molecule has 172 valence electrons. The number of carbonyl (C=O) groups excluding carboxylic acids is 1. The number of aliphatic imine (C=N–C) groups is 1. The second kappa shape index (κ2) is 12.9. The maximum absolute atomic E-state index is 11.5. The lowest BCUT2D eigenvalue weighted by molar-refractivity contribution is -0.130. The van der Waals surface area contributed by atoms with Crippen LogP contribution in [0, 0.1) is 0 Å². The van der Waals surface area contributed by atoms with E-state index < -0.39 is 0 Å². The van der Waals surface area contributed by atoms with E-state index in [-0.39, 0.29) is 5.91 Å². The minimum absolute atomic E-state index is 0.174. The predicted octanol–water partition coefficient (Wildman–Crippen LogP) is 2.73. The quantitative estimate of drug-likeness (QED) is 0.470. The first-order chi connectivity index (χ1) is 15.7. The minimum atomic E-state index is 0.174. The largest absolute Gasteiger partial charge is 0.357 e. The molecule has 1 unspecified atom stereocenters. The second-order valence-corrected chi connectivity index (χ2v) is 8.29. The van der Waals surface area contributed by atoms with Crippen molar-refractivity contribution in [1.29, 1.82) is 0 Å². The van der Waals surface area contributed by atoms with Crippen molar-refractivity contribution in [2.45, 2.75) is 26.2 Å². The van der Waals surface area contributed by atoms with Crippen molar-refractivity contribution in [3.63, 3.8) is 0 Å². The van der Waals surface area contributed by atoms with Crippen LogP contribution in [0.25, 0.3) is 0 Å². The van der Waals surface area contributed by atoms with Gasteiger partial charge in [0.1, 0.15) is 0 Å². The Balaban J connectivity index is 1.55. The Morgan fingerprint density at radius 1 is 0.969 bits per heavy atom. The Bertz CT molecular complexity index is 832. The third-order valence-electron chi connectivity index (χ3n) is 5.95. The highest BCUT2D eigenvalue weighted by molar-refractivity contribution is 5.79. The molecule has 6 heteroatoms. The Kier molecular flexibility index (Phi) is 9.57. The van der Waals surface area contributed by atoms with Gasteiger partial charge in [-0.05, 0) is 24.5 Å². The van der Waals surface area contributed by atoms with Gasteiger partial charge in [0, 0.05) is 65.2 Å². The molecule has 0 aromatic heterocycles. The zero-order chi connectivity index (χ0) is 22.6. The zero-order valence-corrected chi connectivity index (χ0v) is 19.5. The van der Waals surface area contributed by atoms with Gasteiger partial charge >= 0.3 is 0 Å². The predicted molar refractivity (Wildman–Crippen MR) is 132 cm³/mol. The Labute approximate surface area is 192 Å². The Morgan fingerprint density at radius 2 is 1.62 bits per heavy atom. The maximum Gasteiger partial charge on any atom is 0.219 e. The van der Waals surface area contributed by atoms with Crippen LogP contribution in [0.15, 0.2) is 65.7 Å². The number of guanidine groups is 1. The van der Waals surface area contributed by atoms with Gasteiger partial charge in [-0.3, -0.25) is 14.7 Å². The molecule has 1 aliphatic heterocycles. The number of amides is 1. The fourth-order valence-electron chi connectivity index (χ4n) is 4.07. The third-order valence-corrected chi connectivity index (χ3v) is 5.95. The molecular weight excluding hydrogens is 398 g/mol. The summed E-state index contributed by atoms with van der Waals surface area (Å²) in [4.78, 5) is 20.7. The van der Waals surface area contributed by atoms with Gasteiger partial charge in [0.25, 0.3) is 0 Å². The fourth-order valence-corrected chi connectivity index (χ4v) is 4.07.